The number of piperidine rings is 1. The summed E-state index contributed by atoms with van der Waals surface area (Å²) in [7, 11) is 0. The standard InChI is InChI=1S/C23H25ClN2O2/c1-2-28-23(27)18-7-5-13-25(15-18)16-21-14-17-6-3-4-8-22(17)26(21)20-11-9-19(24)10-12-20/h3-4,6,8-12,14,18H,2,5,7,13,15-16H2,1H3. The average Bonchev–Trinajstić information content (AvgIpc) is 3.07. The summed E-state index contributed by atoms with van der Waals surface area (Å²) in [5, 5.41) is 1.95. The smallest absolute Gasteiger partial charge is 0.310 e. The number of hydrogen-bond donors (Lipinski definition) is 0. The Bertz CT molecular complexity index is 964. The number of ether oxygens (including phenoxy) is 1. The van der Waals surface area contributed by atoms with Crippen LogP contribution in [0.1, 0.15) is 25.5 Å². The summed E-state index contributed by atoms with van der Waals surface area (Å²) in [6.07, 6.45) is 1.93. The molecular formula is C23H25ClN2O2. The third kappa shape index (κ3) is 3.94. The van der Waals surface area contributed by atoms with Crippen LogP contribution in [0.5, 0.6) is 0 Å². The van der Waals surface area contributed by atoms with Crippen LogP contribution >= 0.6 is 11.6 Å². The number of rotatable bonds is 5. The van der Waals surface area contributed by atoms with Gasteiger partial charge in [-0.3, -0.25) is 9.69 Å². The van der Waals surface area contributed by atoms with Gasteiger partial charge in [-0.2, -0.15) is 0 Å². The normalized spacial score (nSPS) is 17.7. The summed E-state index contributed by atoms with van der Waals surface area (Å²) >= 11 is 6.10. The van der Waals surface area contributed by atoms with Crippen molar-refractivity contribution in [3.8, 4) is 5.69 Å². The fourth-order valence-corrected chi connectivity index (χ4v) is 4.23. The molecule has 4 rings (SSSR count). The van der Waals surface area contributed by atoms with Gasteiger partial charge in [0, 0.05) is 34.9 Å². The van der Waals surface area contributed by atoms with Crippen LogP contribution in [0, 0.1) is 5.92 Å². The maximum Gasteiger partial charge on any atom is 0.310 e. The Morgan fingerprint density at radius 1 is 1.18 bits per heavy atom. The zero-order chi connectivity index (χ0) is 19.5. The van der Waals surface area contributed by atoms with E-state index in [1.54, 1.807) is 0 Å². The molecule has 28 heavy (non-hydrogen) atoms. The number of para-hydroxylation sites is 1. The number of halogens is 1. The minimum Gasteiger partial charge on any atom is -0.466 e. The van der Waals surface area contributed by atoms with Crippen molar-refractivity contribution in [2.24, 2.45) is 5.92 Å². The fraction of sp³-hybridized carbons (Fsp3) is 0.348. The molecule has 2 heterocycles. The monoisotopic (exact) mass is 396 g/mol. The molecule has 3 aromatic rings. The van der Waals surface area contributed by atoms with Crippen LogP contribution in [0.15, 0.2) is 54.6 Å². The first-order valence-electron chi connectivity index (χ1n) is 9.90. The molecule has 1 aliphatic heterocycles. The highest BCUT2D eigenvalue weighted by molar-refractivity contribution is 6.30. The second-order valence-corrected chi connectivity index (χ2v) is 7.77. The molecule has 2 aromatic carbocycles. The lowest BCUT2D eigenvalue weighted by atomic mass is 9.98. The van der Waals surface area contributed by atoms with Crippen LogP contribution in [-0.2, 0) is 16.1 Å². The lowest BCUT2D eigenvalue weighted by Gasteiger charge is -2.31. The molecule has 0 spiro atoms. The molecule has 5 heteroatoms. The van der Waals surface area contributed by atoms with Crippen molar-refractivity contribution in [1.82, 2.24) is 9.47 Å². The van der Waals surface area contributed by atoms with Crippen LogP contribution < -0.4 is 0 Å². The van der Waals surface area contributed by atoms with Gasteiger partial charge in [0.2, 0.25) is 0 Å². The molecule has 1 aliphatic rings. The van der Waals surface area contributed by atoms with Crippen molar-refractivity contribution < 1.29 is 9.53 Å². The Morgan fingerprint density at radius 2 is 1.96 bits per heavy atom. The Balaban J connectivity index is 1.64. The molecular weight excluding hydrogens is 372 g/mol. The number of likely N-dealkylation sites (tertiary alicyclic amines) is 1. The summed E-state index contributed by atoms with van der Waals surface area (Å²) in [5.74, 6) is -0.0903. The van der Waals surface area contributed by atoms with E-state index in [0.717, 1.165) is 43.2 Å². The number of hydrogen-bond acceptors (Lipinski definition) is 3. The first-order chi connectivity index (χ1) is 13.7. The SMILES string of the molecule is CCOC(=O)C1CCCN(Cc2cc3ccccc3n2-c2ccc(Cl)cc2)C1. The van der Waals surface area contributed by atoms with E-state index in [1.165, 1.54) is 16.6 Å². The fourth-order valence-electron chi connectivity index (χ4n) is 4.10. The largest absolute Gasteiger partial charge is 0.466 e. The number of carbonyl (C=O) groups is 1. The van der Waals surface area contributed by atoms with Crippen molar-refractivity contribution in [2.75, 3.05) is 19.7 Å². The van der Waals surface area contributed by atoms with Crippen LogP contribution in [0.3, 0.4) is 0 Å². The minimum absolute atomic E-state index is 0.0259. The van der Waals surface area contributed by atoms with Crippen LogP contribution in [0.25, 0.3) is 16.6 Å². The summed E-state index contributed by atoms with van der Waals surface area (Å²) < 4.78 is 7.54. The zero-order valence-corrected chi connectivity index (χ0v) is 16.9. The van der Waals surface area contributed by atoms with Gasteiger partial charge in [-0.1, -0.05) is 29.8 Å². The highest BCUT2D eigenvalue weighted by Gasteiger charge is 2.27. The van der Waals surface area contributed by atoms with E-state index in [4.69, 9.17) is 16.3 Å². The van der Waals surface area contributed by atoms with Gasteiger partial charge in [0.1, 0.15) is 0 Å². The number of benzene rings is 2. The Hall–Kier alpha value is -2.30. The first kappa shape index (κ1) is 19.0. The Morgan fingerprint density at radius 3 is 2.75 bits per heavy atom. The molecule has 0 saturated carbocycles. The van der Waals surface area contributed by atoms with Gasteiger partial charge in [0.15, 0.2) is 0 Å². The van der Waals surface area contributed by atoms with E-state index in [2.05, 4.69) is 51.9 Å². The molecule has 1 fully saturated rings. The molecule has 1 atom stereocenters. The predicted octanol–water partition coefficient (Wildman–Crippen LogP) is 5.06. The second kappa shape index (κ2) is 8.38. The van der Waals surface area contributed by atoms with Gasteiger partial charge in [0.05, 0.1) is 18.0 Å². The summed E-state index contributed by atoms with van der Waals surface area (Å²) in [6, 6.07) is 18.6. The van der Waals surface area contributed by atoms with Crippen LogP contribution in [0.4, 0.5) is 0 Å². The Kier molecular flexibility index (Phi) is 5.69. The number of nitrogens with zero attached hydrogens (tertiary/aromatic N) is 2. The highest BCUT2D eigenvalue weighted by Crippen LogP contribution is 2.28. The molecule has 1 unspecified atom stereocenters. The number of aromatic nitrogens is 1. The summed E-state index contributed by atoms with van der Waals surface area (Å²) in [5.41, 5.74) is 3.49. The molecule has 0 N–H and O–H groups in total. The van der Waals surface area contributed by atoms with E-state index in [-0.39, 0.29) is 11.9 Å². The molecule has 1 aromatic heterocycles. The van der Waals surface area contributed by atoms with Crippen LogP contribution in [0.2, 0.25) is 5.02 Å². The van der Waals surface area contributed by atoms with Crippen molar-refractivity contribution in [3.05, 3.63) is 65.3 Å². The van der Waals surface area contributed by atoms with Gasteiger partial charge in [-0.05, 0) is 62.7 Å². The van der Waals surface area contributed by atoms with E-state index in [9.17, 15) is 4.79 Å². The van der Waals surface area contributed by atoms with Gasteiger partial charge in [-0.15, -0.1) is 0 Å². The predicted molar refractivity (Wildman–Crippen MR) is 113 cm³/mol. The van der Waals surface area contributed by atoms with Crippen molar-refractivity contribution >= 4 is 28.5 Å². The molecule has 4 nitrogen and oxygen atoms in total. The first-order valence-corrected chi connectivity index (χ1v) is 10.3. The van der Waals surface area contributed by atoms with Crippen molar-refractivity contribution in [2.45, 2.75) is 26.3 Å². The third-order valence-electron chi connectivity index (χ3n) is 5.38. The quantitative estimate of drug-likeness (QED) is 0.565. The topological polar surface area (TPSA) is 34.5 Å². The minimum atomic E-state index is -0.0644. The molecule has 0 aliphatic carbocycles. The Labute approximate surface area is 170 Å². The summed E-state index contributed by atoms with van der Waals surface area (Å²) in [6.45, 7) is 4.86. The van der Waals surface area contributed by atoms with Gasteiger partial charge in [-0.25, -0.2) is 0 Å². The molecule has 0 radical (unpaired) electrons. The van der Waals surface area contributed by atoms with E-state index in [1.807, 2.05) is 19.1 Å². The molecule has 0 amide bonds. The van der Waals surface area contributed by atoms with Gasteiger partial charge < -0.3 is 9.30 Å². The van der Waals surface area contributed by atoms with Crippen LogP contribution in [-0.4, -0.2) is 35.1 Å². The van der Waals surface area contributed by atoms with E-state index < -0.39 is 0 Å². The maximum absolute atomic E-state index is 12.2. The molecule has 0 bridgehead atoms. The lowest BCUT2D eigenvalue weighted by Crippen LogP contribution is -2.39. The average molecular weight is 397 g/mol. The van der Waals surface area contributed by atoms with Crippen molar-refractivity contribution in [3.63, 3.8) is 0 Å². The number of fused-ring (bicyclic) bond motifs is 1. The van der Waals surface area contributed by atoms with E-state index in [0.29, 0.717) is 6.61 Å². The lowest BCUT2D eigenvalue weighted by molar-refractivity contribution is -0.150. The maximum atomic E-state index is 12.2. The van der Waals surface area contributed by atoms with Crippen molar-refractivity contribution in [1.29, 1.82) is 0 Å². The van der Waals surface area contributed by atoms with Gasteiger partial charge >= 0.3 is 5.97 Å². The second-order valence-electron chi connectivity index (χ2n) is 7.33. The zero-order valence-electron chi connectivity index (χ0n) is 16.1. The number of carbonyl (C=O) groups excluding carboxylic acids is 1. The van der Waals surface area contributed by atoms with Gasteiger partial charge in [0.25, 0.3) is 0 Å². The number of esters is 1. The molecule has 1 saturated heterocycles. The van der Waals surface area contributed by atoms with E-state index >= 15 is 0 Å². The highest BCUT2D eigenvalue weighted by atomic mass is 35.5. The third-order valence-corrected chi connectivity index (χ3v) is 5.63. The summed E-state index contributed by atoms with van der Waals surface area (Å²) in [4.78, 5) is 14.6. The molecule has 146 valence electrons.